The van der Waals surface area contributed by atoms with Crippen LogP contribution in [0.4, 0.5) is 0 Å². The maximum absolute atomic E-state index is 10.9. The van der Waals surface area contributed by atoms with E-state index >= 15 is 0 Å². The Hall–Kier alpha value is -0.380. The molecule has 6 heteroatoms. The minimum Gasteiger partial charge on any atom is -0.469 e. The summed E-state index contributed by atoms with van der Waals surface area (Å²) in [5, 5.41) is 0. The highest BCUT2D eigenvalue weighted by Gasteiger charge is 2.00. The van der Waals surface area contributed by atoms with Gasteiger partial charge in [0.15, 0.2) is 0 Å². The molecule has 0 aliphatic rings. The molecule has 0 aromatic carbocycles. The van der Waals surface area contributed by atoms with Gasteiger partial charge in [-0.25, -0.2) is 0 Å². The quantitative estimate of drug-likeness (QED) is 0.350. The monoisotopic (exact) mass is 238 g/mol. The van der Waals surface area contributed by atoms with Crippen LogP contribution >= 0.6 is 8.25 Å². The van der Waals surface area contributed by atoms with E-state index in [1.54, 1.807) is 6.92 Å². The Morgan fingerprint density at radius 3 is 2.53 bits per heavy atom. The number of hydrogen-bond acceptors (Lipinski definition) is 5. The molecule has 15 heavy (non-hydrogen) atoms. The van der Waals surface area contributed by atoms with Gasteiger partial charge in [-0.05, 0) is 19.8 Å². The van der Waals surface area contributed by atoms with E-state index < -0.39 is 8.25 Å². The van der Waals surface area contributed by atoms with Gasteiger partial charge < -0.3 is 13.8 Å². The first-order chi connectivity index (χ1) is 7.20. The van der Waals surface area contributed by atoms with Crippen LogP contribution in [0.1, 0.15) is 32.6 Å². The third-order valence-corrected chi connectivity index (χ3v) is 2.70. The summed E-state index contributed by atoms with van der Waals surface area (Å²) in [7, 11) is -0.915. The fraction of sp³-hybridized carbons (Fsp3) is 0.889. The number of carbonyl (C=O) groups excluding carboxylic acids is 1. The Morgan fingerprint density at radius 1 is 1.20 bits per heavy atom. The van der Waals surface area contributed by atoms with Crippen LogP contribution in [0.25, 0.3) is 0 Å². The summed E-state index contributed by atoms with van der Waals surface area (Å²) in [5.74, 6) is -0.196. The number of unbranched alkanes of at least 4 members (excludes halogenated alkanes) is 2. The lowest BCUT2D eigenvalue weighted by Crippen LogP contribution is -1.99. The zero-order chi connectivity index (χ0) is 11.5. The third-order valence-electron chi connectivity index (χ3n) is 1.74. The number of carbonyl (C=O) groups is 1. The summed E-state index contributed by atoms with van der Waals surface area (Å²) in [6.07, 6.45) is 2.83. The number of rotatable bonds is 9. The molecule has 0 saturated carbocycles. The second kappa shape index (κ2) is 10.1. The van der Waals surface area contributed by atoms with E-state index in [1.807, 2.05) is 0 Å². The van der Waals surface area contributed by atoms with Gasteiger partial charge in [-0.3, -0.25) is 9.36 Å². The van der Waals surface area contributed by atoms with E-state index in [4.69, 9.17) is 9.05 Å². The molecule has 0 aliphatic carbocycles. The molecule has 90 valence electrons. The van der Waals surface area contributed by atoms with Crippen LogP contribution in [0.15, 0.2) is 0 Å². The van der Waals surface area contributed by atoms with Gasteiger partial charge in [0.1, 0.15) is 0 Å². The lowest BCUT2D eigenvalue weighted by atomic mass is 10.2. The van der Waals surface area contributed by atoms with E-state index in [0.29, 0.717) is 19.6 Å². The molecule has 0 N–H and O–H groups in total. The third kappa shape index (κ3) is 9.91. The molecule has 0 aromatic heterocycles. The van der Waals surface area contributed by atoms with Gasteiger partial charge >= 0.3 is 14.2 Å². The van der Waals surface area contributed by atoms with Gasteiger partial charge in [-0.1, -0.05) is 6.42 Å². The van der Waals surface area contributed by atoms with Crippen molar-refractivity contribution in [2.75, 3.05) is 20.3 Å². The Bertz CT molecular complexity index is 195. The van der Waals surface area contributed by atoms with Crippen molar-refractivity contribution in [3.8, 4) is 0 Å². The largest absolute Gasteiger partial charge is 0.469 e. The minimum atomic E-state index is -2.29. The van der Waals surface area contributed by atoms with Crippen molar-refractivity contribution in [3.05, 3.63) is 0 Å². The van der Waals surface area contributed by atoms with E-state index in [2.05, 4.69) is 4.74 Å². The van der Waals surface area contributed by atoms with Crippen LogP contribution in [-0.4, -0.2) is 26.3 Å². The zero-order valence-electron chi connectivity index (χ0n) is 9.28. The molecule has 0 aliphatic heterocycles. The highest BCUT2D eigenvalue weighted by Crippen LogP contribution is 2.23. The molecular formula is C9H19O5P. The Labute approximate surface area is 91.0 Å². The molecule has 0 radical (unpaired) electrons. The van der Waals surface area contributed by atoms with Crippen LogP contribution in [0.2, 0.25) is 0 Å². The maximum Gasteiger partial charge on any atom is 0.319 e. The standard InChI is InChI=1S/C9H19O5P/c1-3-13-15(11)14-8-6-4-5-7-9(10)12-2/h15H,3-8H2,1-2H3. The molecule has 0 fully saturated rings. The predicted molar refractivity (Wildman–Crippen MR) is 57.1 cm³/mol. The minimum absolute atomic E-state index is 0.196. The fourth-order valence-electron chi connectivity index (χ4n) is 0.965. The fourth-order valence-corrected chi connectivity index (χ4v) is 1.60. The smallest absolute Gasteiger partial charge is 0.319 e. The van der Waals surface area contributed by atoms with Gasteiger partial charge in [-0.15, -0.1) is 0 Å². The van der Waals surface area contributed by atoms with Crippen molar-refractivity contribution < 1.29 is 23.1 Å². The highest BCUT2D eigenvalue weighted by molar-refractivity contribution is 7.33. The summed E-state index contributed by atoms with van der Waals surface area (Å²) < 4.78 is 25.1. The van der Waals surface area contributed by atoms with Crippen LogP contribution in [0.3, 0.4) is 0 Å². The summed E-state index contributed by atoms with van der Waals surface area (Å²) >= 11 is 0. The lowest BCUT2D eigenvalue weighted by Gasteiger charge is -2.03. The first-order valence-corrected chi connectivity index (χ1v) is 6.29. The van der Waals surface area contributed by atoms with Crippen molar-refractivity contribution in [2.45, 2.75) is 32.6 Å². The number of esters is 1. The van der Waals surface area contributed by atoms with Crippen molar-refractivity contribution in [2.24, 2.45) is 0 Å². The van der Waals surface area contributed by atoms with Crippen LogP contribution in [-0.2, 0) is 23.1 Å². The molecule has 0 spiro atoms. The van der Waals surface area contributed by atoms with E-state index in [-0.39, 0.29) is 5.97 Å². The molecule has 0 heterocycles. The average molecular weight is 238 g/mol. The summed E-state index contributed by atoms with van der Waals surface area (Å²) in [6.45, 7) is 2.58. The van der Waals surface area contributed by atoms with Gasteiger partial charge in [0.2, 0.25) is 0 Å². The molecule has 1 atom stereocenters. The van der Waals surface area contributed by atoms with Crippen LogP contribution < -0.4 is 0 Å². The normalized spacial score (nSPS) is 12.4. The Balaban J connectivity index is 3.18. The highest BCUT2D eigenvalue weighted by atomic mass is 31.1. The summed E-state index contributed by atoms with van der Waals surface area (Å²) in [6, 6.07) is 0. The molecule has 0 aromatic rings. The Morgan fingerprint density at radius 2 is 1.93 bits per heavy atom. The van der Waals surface area contributed by atoms with Crippen molar-refractivity contribution >= 4 is 14.2 Å². The predicted octanol–water partition coefficient (Wildman–Crippen LogP) is 2.16. The molecule has 0 bridgehead atoms. The van der Waals surface area contributed by atoms with E-state index in [9.17, 15) is 9.36 Å². The van der Waals surface area contributed by atoms with Gasteiger partial charge in [0.05, 0.1) is 20.3 Å². The second-order valence-electron chi connectivity index (χ2n) is 2.92. The van der Waals surface area contributed by atoms with Crippen molar-refractivity contribution in [3.63, 3.8) is 0 Å². The summed E-state index contributed by atoms with van der Waals surface area (Å²) in [4.78, 5) is 10.7. The van der Waals surface area contributed by atoms with Gasteiger partial charge in [0, 0.05) is 6.42 Å². The number of ether oxygens (including phenoxy) is 1. The number of methoxy groups -OCH3 is 1. The molecular weight excluding hydrogens is 219 g/mol. The SMILES string of the molecule is CCO[PH](=O)OCCCCCC(=O)OC. The second-order valence-corrected chi connectivity index (χ2v) is 4.00. The van der Waals surface area contributed by atoms with Crippen molar-refractivity contribution in [1.29, 1.82) is 0 Å². The first-order valence-electron chi connectivity index (χ1n) is 5.07. The topological polar surface area (TPSA) is 61.8 Å². The Kier molecular flexibility index (Phi) is 9.89. The summed E-state index contributed by atoms with van der Waals surface area (Å²) in [5.41, 5.74) is 0. The first kappa shape index (κ1) is 14.6. The average Bonchev–Trinajstić information content (AvgIpc) is 2.23. The van der Waals surface area contributed by atoms with E-state index in [0.717, 1.165) is 19.3 Å². The van der Waals surface area contributed by atoms with Gasteiger partial charge in [-0.2, -0.15) is 0 Å². The maximum atomic E-state index is 10.9. The number of hydrogen-bond donors (Lipinski definition) is 0. The van der Waals surface area contributed by atoms with Crippen LogP contribution in [0.5, 0.6) is 0 Å². The molecule has 0 saturated heterocycles. The molecule has 1 unspecified atom stereocenters. The zero-order valence-corrected chi connectivity index (χ0v) is 10.3. The lowest BCUT2D eigenvalue weighted by molar-refractivity contribution is -0.140. The van der Waals surface area contributed by atoms with E-state index in [1.165, 1.54) is 7.11 Å². The van der Waals surface area contributed by atoms with Crippen molar-refractivity contribution in [1.82, 2.24) is 0 Å². The molecule has 0 amide bonds. The molecule has 5 nitrogen and oxygen atoms in total. The molecule has 0 rings (SSSR count). The van der Waals surface area contributed by atoms with Crippen LogP contribution in [0, 0.1) is 0 Å². The van der Waals surface area contributed by atoms with Gasteiger partial charge in [0.25, 0.3) is 0 Å².